The van der Waals surface area contributed by atoms with Crippen molar-refractivity contribution in [1.29, 1.82) is 0 Å². The van der Waals surface area contributed by atoms with Crippen LogP contribution >= 0.6 is 23.2 Å². The van der Waals surface area contributed by atoms with Crippen molar-refractivity contribution in [3.05, 3.63) is 73.6 Å². The van der Waals surface area contributed by atoms with Gasteiger partial charge in [0.2, 0.25) is 5.91 Å². The summed E-state index contributed by atoms with van der Waals surface area (Å²) in [5.41, 5.74) is 1.19. The summed E-state index contributed by atoms with van der Waals surface area (Å²) < 4.78 is 28.4. The third kappa shape index (κ3) is 3.63. The lowest BCUT2D eigenvalue weighted by molar-refractivity contribution is -0.131. The molecule has 0 aliphatic carbocycles. The molecule has 156 valence electrons. The van der Waals surface area contributed by atoms with Gasteiger partial charge in [0.05, 0.1) is 23.7 Å². The molecule has 0 fully saturated rings. The Labute approximate surface area is 180 Å². The van der Waals surface area contributed by atoms with Gasteiger partial charge in [-0.3, -0.25) is 9.59 Å². The molecule has 2 N–H and O–H groups in total. The number of hydrogen-bond donors (Lipinski definition) is 2. The number of nitrogens with one attached hydrogen (secondary N) is 2. The number of nitrogens with zero attached hydrogens (tertiary/aromatic N) is 1. The van der Waals surface area contributed by atoms with Gasteiger partial charge >= 0.3 is 0 Å². The predicted octanol–water partition coefficient (Wildman–Crippen LogP) is 4.67. The second-order valence-electron chi connectivity index (χ2n) is 7.17. The van der Waals surface area contributed by atoms with Gasteiger partial charge in [-0.1, -0.05) is 23.2 Å². The molecule has 0 spiro atoms. The molecule has 0 bridgehead atoms. The Kier molecular flexibility index (Phi) is 5.42. The van der Waals surface area contributed by atoms with Gasteiger partial charge in [-0.15, -0.1) is 0 Å². The number of H-pyrrole nitrogens is 1. The van der Waals surface area contributed by atoms with E-state index >= 15 is 0 Å². The summed E-state index contributed by atoms with van der Waals surface area (Å²) in [6.45, 7) is 2.14. The highest BCUT2D eigenvalue weighted by atomic mass is 35.5. The van der Waals surface area contributed by atoms with Crippen LogP contribution in [0.2, 0.25) is 10.0 Å². The summed E-state index contributed by atoms with van der Waals surface area (Å²) >= 11 is 12.4. The Morgan fingerprint density at radius 3 is 2.73 bits per heavy atom. The van der Waals surface area contributed by atoms with Gasteiger partial charge in [0, 0.05) is 28.2 Å². The van der Waals surface area contributed by atoms with Crippen LogP contribution in [-0.4, -0.2) is 28.9 Å². The van der Waals surface area contributed by atoms with Crippen molar-refractivity contribution in [1.82, 2.24) is 9.88 Å². The second-order valence-corrected chi connectivity index (χ2v) is 8.01. The molecule has 1 aromatic heterocycles. The highest BCUT2D eigenvalue weighted by Gasteiger charge is 2.29. The molecule has 0 saturated carbocycles. The maximum atomic E-state index is 14.4. The lowest BCUT2D eigenvalue weighted by atomic mass is 9.93. The summed E-state index contributed by atoms with van der Waals surface area (Å²) in [6, 6.07) is 5.36. The topological polar surface area (TPSA) is 65.2 Å². The van der Waals surface area contributed by atoms with E-state index < -0.39 is 17.2 Å². The van der Waals surface area contributed by atoms with Gasteiger partial charge in [-0.05, 0) is 48.7 Å². The smallest absolute Gasteiger partial charge is 0.256 e. The standard InChI is InChI=1S/C21H17Cl2F2N3O2/c1-10-20-11(4-12(22)5-15(20)23)2-3-28(10)19(29)9-26-18-7-13-14(6-16(18)24)21(30)27-8-17(13)25/h4-8,10,26H,2-3,9H2,1H3,(H,27,30). The molecule has 1 unspecified atom stereocenters. The molecule has 0 radical (unpaired) electrons. The lowest BCUT2D eigenvalue weighted by Gasteiger charge is -2.36. The van der Waals surface area contributed by atoms with Crippen molar-refractivity contribution in [2.75, 3.05) is 18.4 Å². The van der Waals surface area contributed by atoms with Crippen molar-refractivity contribution < 1.29 is 13.6 Å². The predicted molar refractivity (Wildman–Crippen MR) is 113 cm³/mol. The van der Waals surface area contributed by atoms with Crippen LogP contribution in [0.5, 0.6) is 0 Å². The van der Waals surface area contributed by atoms with Crippen LogP contribution in [0, 0.1) is 11.6 Å². The monoisotopic (exact) mass is 451 g/mol. The molecule has 5 nitrogen and oxygen atoms in total. The molecule has 1 aliphatic rings. The minimum atomic E-state index is -0.749. The van der Waals surface area contributed by atoms with E-state index in [9.17, 15) is 18.4 Å². The van der Waals surface area contributed by atoms with Gasteiger partial charge < -0.3 is 15.2 Å². The van der Waals surface area contributed by atoms with Gasteiger partial charge in [0.15, 0.2) is 0 Å². The highest BCUT2D eigenvalue weighted by Crippen LogP contribution is 2.37. The zero-order valence-electron chi connectivity index (χ0n) is 15.9. The summed E-state index contributed by atoms with van der Waals surface area (Å²) in [5, 5.41) is 3.63. The first-order valence-corrected chi connectivity index (χ1v) is 10.0. The van der Waals surface area contributed by atoms with E-state index in [2.05, 4.69) is 10.3 Å². The Morgan fingerprint density at radius 2 is 1.97 bits per heavy atom. The molecule has 1 amide bonds. The van der Waals surface area contributed by atoms with Crippen molar-refractivity contribution in [3.8, 4) is 0 Å². The van der Waals surface area contributed by atoms with Gasteiger partial charge in [0.1, 0.15) is 11.6 Å². The third-order valence-electron chi connectivity index (χ3n) is 5.38. The number of aromatic nitrogens is 1. The van der Waals surface area contributed by atoms with Crippen LogP contribution in [0.15, 0.2) is 35.3 Å². The number of aromatic amines is 1. The number of carbonyl (C=O) groups is 1. The van der Waals surface area contributed by atoms with Crippen LogP contribution in [0.25, 0.3) is 10.8 Å². The lowest BCUT2D eigenvalue weighted by Crippen LogP contribution is -2.42. The number of halogens is 4. The number of hydrogen-bond acceptors (Lipinski definition) is 3. The Morgan fingerprint density at radius 1 is 1.20 bits per heavy atom. The number of fused-ring (bicyclic) bond motifs is 2. The van der Waals surface area contributed by atoms with E-state index in [1.54, 1.807) is 11.0 Å². The van der Waals surface area contributed by atoms with Crippen LogP contribution in [-0.2, 0) is 11.2 Å². The van der Waals surface area contributed by atoms with E-state index in [0.717, 1.165) is 23.4 Å². The number of benzene rings is 2. The molecule has 4 rings (SSSR count). The molecule has 1 atom stereocenters. The maximum absolute atomic E-state index is 14.4. The van der Waals surface area contributed by atoms with E-state index in [1.165, 1.54) is 6.07 Å². The zero-order valence-corrected chi connectivity index (χ0v) is 17.4. The average Bonchev–Trinajstić information content (AvgIpc) is 2.69. The van der Waals surface area contributed by atoms with Crippen LogP contribution in [0.1, 0.15) is 24.1 Å². The van der Waals surface area contributed by atoms with Gasteiger partial charge in [-0.2, -0.15) is 0 Å². The summed E-state index contributed by atoms with van der Waals surface area (Å²) in [4.78, 5) is 28.4. The number of amides is 1. The molecular weight excluding hydrogens is 435 g/mol. The van der Waals surface area contributed by atoms with Crippen molar-refractivity contribution in [3.63, 3.8) is 0 Å². The number of pyridine rings is 1. The summed E-state index contributed by atoms with van der Waals surface area (Å²) in [7, 11) is 0. The molecule has 0 saturated heterocycles. The van der Waals surface area contributed by atoms with E-state index in [4.69, 9.17) is 23.2 Å². The maximum Gasteiger partial charge on any atom is 0.256 e. The van der Waals surface area contributed by atoms with Gasteiger partial charge in [-0.25, -0.2) is 8.78 Å². The Hall–Kier alpha value is -2.64. The fraction of sp³-hybridized carbons (Fsp3) is 0.238. The molecule has 3 aromatic rings. The molecule has 30 heavy (non-hydrogen) atoms. The normalized spacial score (nSPS) is 15.9. The third-order valence-corrected chi connectivity index (χ3v) is 5.91. The number of rotatable bonds is 3. The first-order chi connectivity index (χ1) is 14.3. The van der Waals surface area contributed by atoms with Gasteiger partial charge in [0.25, 0.3) is 5.56 Å². The minimum Gasteiger partial charge on any atom is -0.374 e. The SMILES string of the molecule is CC1c2c(Cl)cc(Cl)cc2CCN1C(=O)CNc1cc2c(F)c[nH]c(=O)c2cc1F. The fourth-order valence-electron chi connectivity index (χ4n) is 3.89. The Balaban J connectivity index is 1.55. The van der Waals surface area contributed by atoms with Crippen molar-refractivity contribution in [2.24, 2.45) is 0 Å². The van der Waals surface area contributed by atoms with Crippen LogP contribution in [0.4, 0.5) is 14.5 Å². The van der Waals surface area contributed by atoms with Crippen molar-refractivity contribution >= 4 is 45.6 Å². The molecule has 1 aliphatic heterocycles. The number of carbonyl (C=O) groups excluding carboxylic acids is 1. The first kappa shape index (κ1) is 20.6. The second kappa shape index (κ2) is 7.89. The van der Waals surface area contributed by atoms with Crippen LogP contribution in [0.3, 0.4) is 0 Å². The Bertz CT molecular complexity index is 1230. The average molecular weight is 452 g/mol. The largest absolute Gasteiger partial charge is 0.374 e. The molecule has 2 heterocycles. The zero-order chi connectivity index (χ0) is 21.6. The molecular formula is C21H17Cl2F2N3O2. The summed E-state index contributed by atoms with van der Waals surface area (Å²) in [6.07, 6.45) is 1.52. The van der Waals surface area contributed by atoms with E-state index in [1.807, 2.05) is 13.0 Å². The highest BCUT2D eigenvalue weighted by molar-refractivity contribution is 6.35. The van der Waals surface area contributed by atoms with Crippen molar-refractivity contribution in [2.45, 2.75) is 19.4 Å². The van der Waals surface area contributed by atoms with Crippen LogP contribution < -0.4 is 10.9 Å². The minimum absolute atomic E-state index is 0.0287. The summed E-state index contributed by atoms with van der Waals surface area (Å²) in [5.74, 6) is -1.69. The number of anilines is 1. The van der Waals surface area contributed by atoms with E-state index in [-0.39, 0.29) is 35.0 Å². The molecule has 2 aromatic carbocycles. The fourth-order valence-corrected chi connectivity index (χ4v) is 4.59. The molecule has 9 heteroatoms. The first-order valence-electron chi connectivity index (χ1n) is 9.28. The quantitative estimate of drug-likeness (QED) is 0.607. The van der Waals surface area contributed by atoms with E-state index in [0.29, 0.717) is 23.0 Å².